The maximum absolute atomic E-state index is 12.4. The third kappa shape index (κ3) is 3.51. The van der Waals surface area contributed by atoms with Crippen LogP contribution >= 0.6 is 11.3 Å². The van der Waals surface area contributed by atoms with E-state index >= 15 is 0 Å². The fourth-order valence-corrected chi connectivity index (χ4v) is 3.81. The zero-order valence-corrected chi connectivity index (χ0v) is 15.3. The predicted octanol–water partition coefficient (Wildman–Crippen LogP) is 2.86. The number of aryl methyl sites for hydroxylation is 1. The number of rotatable bonds is 5. The molecule has 1 amide bonds. The molecule has 0 saturated carbocycles. The molecule has 0 aromatic carbocycles. The lowest BCUT2D eigenvalue weighted by Crippen LogP contribution is -2.25. The summed E-state index contributed by atoms with van der Waals surface area (Å²) in [4.78, 5) is 28.0. The normalized spacial score (nSPS) is 17.5. The summed E-state index contributed by atoms with van der Waals surface area (Å²) in [7, 11) is 2.01. The van der Waals surface area contributed by atoms with Crippen molar-refractivity contribution in [2.24, 2.45) is 7.05 Å². The van der Waals surface area contributed by atoms with Gasteiger partial charge < -0.3 is 4.57 Å². The van der Waals surface area contributed by atoms with E-state index in [1.807, 2.05) is 41.5 Å². The van der Waals surface area contributed by atoms with Crippen LogP contribution in [0.4, 0.5) is 5.13 Å². The number of carbonyl (C=O) groups excluding carboxylic acids is 1. The van der Waals surface area contributed by atoms with Crippen LogP contribution in [0.1, 0.15) is 40.9 Å². The van der Waals surface area contributed by atoms with E-state index in [1.165, 1.54) is 11.3 Å². The van der Waals surface area contributed by atoms with Crippen LogP contribution in [-0.2, 0) is 13.6 Å². The van der Waals surface area contributed by atoms with Gasteiger partial charge >= 0.3 is 0 Å². The zero-order chi connectivity index (χ0) is 17.9. The first-order valence-electron chi connectivity index (χ1n) is 8.59. The number of nitrogens with zero attached hydrogens (tertiary/aromatic N) is 5. The van der Waals surface area contributed by atoms with Gasteiger partial charge in [0.2, 0.25) is 0 Å². The van der Waals surface area contributed by atoms with Crippen molar-refractivity contribution >= 4 is 22.4 Å². The van der Waals surface area contributed by atoms with Gasteiger partial charge in [-0.25, -0.2) is 15.0 Å². The molecule has 0 bridgehead atoms. The highest BCUT2D eigenvalue weighted by molar-refractivity contribution is 7.13. The van der Waals surface area contributed by atoms with Gasteiger partial charge in [0.1, 0.15) is 11.5 Å². The lowest BCUT2D eigenvalue weighted by molar-refractivity contribution is 0.102. The molecule has 3 aromatic rings. The minimum Gasteiger partial charge on any atom is -0.337 e. The van der Waals surface area contributed by atoms with Crippen LogP contribution in [-0.4, -0.2) is 36.9 Å². The Morgan fingerprint density at radius 3 is 3.04 bits per heavy atom. The molecule has 1 aliphatic rings. The summed E-state index contributed by atoms with van der Waals surface area (Å²) in [5, 5.41) is 5.20. The highest BCUT2D eigenvalue weighted by atomic mass is 32.1. The number of imidazole rings is 1. The molecule has 1 N–H and O–H groups in total. The standard InChI is InChI=1S/C18H20N6OS/c1-23-10-7-19-16(23)12-24-9-3-6-15(24)13-4-2-5-14(21-13)17(25)22-18-20-8-11-26-18/h2,4-5,7-8,10-11,15H,3,6,9,12H2,1H3,(H,20,22,25). The van der Waals surface area contributed by atoms with Crippen LogP contribution in [0.25, 0.3) is 0 Å². The number of amides is 1. The Morgan fingerprint density at radius 1 is 1.35 bits per heavy atom. The summed E-state index contributed by atoms with van der Waals surface area (Å²) < 4.78 is 2.04. The van der Waals surface area contributed by atoms with E-state index in [0.717, 1.165) is 37.4 Å². The Morgan fingerprint density at radius 2 is 2.27 bits per heavy atom. The van der Waals surface area contributed by atoms with Gasteiger partial charge in [-0.15, -0.1) is 11.3 Å². The van der Waals surface area contributed by atoms with Crippen LogP contribution in [0.5, 0.6) is 0 Å². The average molecular weight is 368 g/mol. The van der Waals surface area contributed by atoms with E-state index in [0.29, 0.717) is 10.8 Å². The van der Waals surface area contributed by atoms with Crippen LogP contribution < -0.4 is 5.32 Å². The quantitative estimate of drug-likeness (QED) is 0.749. The van der Waals surface area contributed by atoms with Gasteiger partial charge in [-0.05, 0) is 31.5 Å². The van der Waals surface area contributed by atoms with Gasteiger partial charge in [0.15, 0.2) is 5.13 Å². The van der Waals surface area contributed by atoms with Gasteiger partial charge in [-0.2, -0.15) is 0 Å². The number of hydrogen-bond donors (Lipinski definition) is 1. The number of likely N-dealkylation sites (tertiary alicyclic amines) is 1. The molecule has 0 radical (unpaired) electrons. The molecule has 4 rings (SSSR count). The highest BCUT2D eigenvalue weighted by Gasteiger charge is 2.28. The number of anilines is 1. The van der Waals surface area contributed by atoms with Gasteiger partial charge in [-0.1, -0.05) is 6.07 Å². The van der Waals surface area contributed by atoms with Crippen molar-refractivity contribution in [3.63, 3.8) is 0 Å². The molecule has 1 unspecified atom stereocenters. The predicted molar refractivity (Wildman–Crippen MR) is 99.9 cm³/mol. The van der Waals surface area contributed by atoms with E-state index in [4.69, 9.17) is 0 Å². The molecule has 1 aliphatic heterocycles. The first-order valence-corrected chi connectivity index (χ1v) is 9.47. The molecule has 1 saturated heterocycles. The van der Waals surface area contributed by atoms with Crippen molar-refractivity contribution < 1.29 is 4.79 Å². The van der Waals surface area contributed by atoms with Crippen LogP contribution in [0, 0.1) is 0 Å². The minimum atomic E-state index is -0.226. The Hall–Kier alpha value is -2.58. The summed E-state index contributed by atoms with van der Waals surface area (Å²) >= 11 is 1.39. The second-order valence-electron chi connectivity index (χ2n) is 6.32. The molecule has 7 nitrogen and oxygen atoms in total. The molecule has 1 atom stereocenters. The minimum absolute atomic E-state index is 0.208. The van der Waals surface area contributed by atoms with E-state index in [-0.39, 0.29) is 11.9 Å². The van der Waals surface area contributed by atoms with E-state index in [1.54, 1.807) is 12.3 Å². The summed E-state index contributed by atoms with van der Waals surface area (Å²) in [6.45, 7) is 1.79. The van der Waals surface area contributed by atoms with Crippen molar-refractivity contribution in [2.75, 3.05) is 11.9 Å². The first kappa shape index (κ1) is 16.9. The molecule has 0 spiro atoms. The number of thiazole rings is 1. The third-order valence-corrected chi connectivity index (χ3v) is 5.32. The van der Waals surface area contributed by atoms with E-state index < -0.39 is 0 Å². The molecular weight excluding hydrogens is 348 g/mol. The van der Waals surface area contributed by atoms with Crippen molar-refractivity contribution in [1.29, 1.82) is 0 Å². The van der Waals surface area contributed by atoms with Crippen molar-refractivity contribution in [3.8, 4) is 0 Å². The lowest BCUT2D eigenvalue weighted by Gasteiger charge is -2.24. The van der Waals surface area contributed by atoms with E-state index in [2.05, 4.69) is 25.2 Å². The third-order valence-electron chi connectivity index (χ3n) is 4.63. The molecule has 4 heterocycles. The maximum atomic E-state index is 12.4. The molecular formula is C18H20N6OS. The Kier molecular flexibility index (Phi) is 4.77. The van der Waals surface area contributed by atoms with Crippen molar-refractivity contribution in [1.82, 2.24) is 24.4 Å². The lowest BCUT2D eigenvalue weighted by atomic mass is 10.1. The van der Waals surface area contributed by atoms with Crippen LogP contribution in [0.15, 0.2) is 42.2 Å². The van der Waals surface area contributed by atoms with Crippen LogP contribution in [0.3, 0.4) is 0 Å². The van der Waals surface area contributed by atoms with Gasteiger partial charge in [-0.3, -0.25) is 15.0 Å². The monoisotopic (exact) mass is 368 g/mol. The zero-order valence-electron chi connectivity index (χ0n) is 14.5. The molecule has 0 aliphatic carbocycles. The molecule has 3 aromatic heterocycles. The Balaban J connectivity index is 1.51. The summed E-state index contributed by atoms with van der Waals surface area (Å²) in [5.41, 5.74) is 1.35. The Labute approximate surface area is 155 Å². The molecule has 1 fully saturated rings. The second-order valence-corrected chi connectivity index (χ2v) is 7.22. The number of carbonyl (C=O) groups is 1. The first-order chi connectivity index (χ1) is 12.7. The smallest absolute Gasteiger partial charge is 0.276 e. The van der Waals surface area contributed by atoms with Crippen molar-refractivity contribution in [2.45, 2.75) is 25.4 Å². The number of nitrogens with one attached hydrogen (secondary N) is 1. The van der Waals surface area contributed by atoms with Gasteiger partial charge in [0.25, 0.3) is 5.91 Å². The van der Waals surface area contributed by atoms with Gasteiger partial charge in [0.05, 0.1) is 18.3 Å². The van der Waals surface area contributed by atoms with Crippen LogP contribution in [0.2, 0.25) is 0 Å². The number of hydrogen-bond acceptors (Lipinski definition) is 6. The van der Waals surface area contributed by atoms with Crippen molar-refractivity contribution in [3.05, 3.63) is 59.4 Å². The Bertz CT molecular complexity index is 891. The largest absolute Gasteiger partial charge is 0.337 e. The molecule has 134 valence electrons. The summed E-state index contributed by atoms with van der Waals surface area (Å²) in [6.07, 6.45) is 7.60. The average Bonchev–Trinajstić information content (AvgIpc) is 3.39. The fourth-order valence-electron chi connectivity index (χ4n) is 3.29. The molecule has 8 heteroatoms. The fraction of sp³-hybridized carbons (Fsp3) is 0.333. The van der Waals surface area contributed by atoms with Gasteiger partial charge in [0, 0.05) is 31.0 Å². The number of aromatic nitrogens is 4. The molecule has 26 heavy (non-hydrogen) atoms. The summed E-state index contributed by atoms with van der Waals surface area (Å²) in [6, 6.07) is 5.85. The second kappa shape index (κ2) is 7.35. The maximum Gasteiger partial charge on any atom is 0.276 e. The number of pyridine rings is 1. The SMILES string of the molecule is Cn1ccnc1CN1CCCC1c1cccc(C(=O)Nc2nccs2)n1. The summed E-state index contributed by atoms with van der Waals surface area (Å²) in [5.74, 6) is 0.810. The van der Waals surface area contributed by atoms with E-state index in [9.17, 15) is 4.79 Å². The highest BCUT2D eigenvalue weighted by Crippen LogP contribution is 2.32. The topological polar surface area (TPSA) is 75.9 Å².